The molecule has 9 heteroatoms. The van der Waals surface area contributed by atoms with Crippen molar-refractivity contribution in [3.05, 3.63) is 63.1 Å². The van der Waals surface area contributed by atoms with Crippen LogP contribution in [0.1, 0.15) is 25.5 Å². The number of carbonyl (C=O) groups is 1. The monoisotopic (exact) mass is 448 g/mol. The Labute approximate surface area is 174 Å². The first-order valence-electron chi connectivity index (χ1n) is 8.15. The highest BCUT2D eigenvalue weighted by molar-refractivity contribution is 7.89. The third-order valence-corrected chi connectivity index (χ3v) is 6.82. The lowest BCUT2D eigenvalue weighted by Gasteiger charge is -2.22. The fourth-order valence-electron chi connectivity index (χ4n) is 2.46. The van der Waals surface area contributed by atoms with Crippen molar-refractivity contribution in [2.45, 2.75) is 24.8 Å². The van der Waals surface area contributed by atoms with E-state index < -0.39 is 15.9 Å². The van der Waals surface area contributed by atoms with E-state index in [1.165, 1.54) is 18.2 Å². The van der Waals surface area contributed by atoms with E-state index >= 15 is 0 Å². The van der Waals surface area contributed by atoms with Crippen LogP contribution < -0.4 is 5.32 Å². The molecule has 2 rings (SSSR count). The topological polar surface area (TPSA) is 66.5 Å². The minimum Gasteiger partial charge on any atom is -0.348 e. The number of hydrogen-bond acceptors (Lipinski definition) is 3. The lowest BCUT2D eigenvalue weighted by Crippen LogP contribution is -2.41. The molecule has 0 heterocycles. The number of nitrogens with zero attached hydrogens (tertiary/aromatic N) is 1. The van der Waals surface area contributed by atoms with E-state index in [0.29, 0.717) is 5.02 Å². The molecule has 0 aliphatic carbocycles. The predicted molar refractivity (Wildman–Crippen MR) is 109 cm³/mol. The minimum atomic E-state index is -3.97. The summed E-state index contributed by atoms with van der Waals surface area (Å²) in [5, 5.41) is 3.67. The van der Waals surface area contributed by atoms with Crippen LogP contribution >= 0.6 is 34.8 Å². The Morgan fingerprint density at radius 3 is 2.26 bits per heavy atom. The first kappa shape index (κ1) is 22.0. The van der Waals surface area contributed by atoms with Gasteiger partial charge in [0.25, 0.3) is 0 Å². The summed E-state index contributed by atoms with van der Waals surface area (Å²) in [6.45, 7) is 3.22. The Hall–Kier alpha value is -1.31. The molecule has 2 aromatic carbocycles. The van der Waals surface area contributed by atoms with Crippen molar-refractivity contribution >= 4 is 50.7 Å². The molecular formula is C18H19Cl3N2O3S. The SMILES string of the molecule is CCN(CC(=O)N[C@@H](C)c1ccc(Cl)cc1)S(=O)(=O)c1cc(Cl)ccc1Cl. The van der Waals surface area contributed by atoms with Gasteiger partial charge in [-0.15, -0.1) is 0 Å². The number of nitrogens with one attached hydrogen (secondary N) is 1. The van der Waals surface area contributed by atoms with E-state index in [1.54, 1.807) is 38.1 Å². The summed E-state index contributed by atoms with van der Waals surface area (Å²) in [4.78, 5) is 12.3. The average Bonchev–Trinajstić information content (AvgIpc) is 2.61. The number of carbonyl (C=O) groups excluding carboxylic acids is 1. The van der Waals surface area contributed by atoms with Crippen molar-refractivity contribution in [3.63, 3.8) is 0 Å². The molecule has 0 fully saturated rings. The van der Waals surface area contributed by atoms with Gasteiger partial charge in [-0.2, -0.15) is 4.31 Å². The van der Waals surface area contributed by atoms with E-state index in [4.69, 9.17) is 34.8 Å². The second-order valence-corrected chi connectivity index (χ2v) is 9.03. The summed E-state index contributed by atoms with van der Waals surface area (Å²) in [6, 6.07) is 10.9. The van der Waals surface area contributed by atoms with Crippen LogP contribution in [0.15, 0.2) is 47.4 Å². The number of sulfonamides is 1. The summed E-state index contributed by atoms with van der Waals surface area (Å²) in [6.07, 6.45) is 0. The molecule has 0 spiro atoms. The quantitative estimate of drug-likeness (QED) is 0.675. The number of rotatable bonds is 7. The van der Waals surface area contributed by atoms with Gasteiger partial charge in [0.1, 0.15) is 4.90 Å². The standard InChI is InChI=1S/C18H19Cl3N2O3S/c1-3-23(27(25,26)17-10-15(20)8-9-16(17)21)11-18(24)22-12(2)13-4-6-14(19)7-5-13/h4-10,12H,3,11H2,1-2H3,(H,22,24)/t12-/m0/s1. The van der Waals surface area contributed by atoms with Gasteiger partial charge in [-0.25, -0.2) is 8.42 Å². The molecule has 146 valence electrons. The minimum absolute atomic E-state index is 0.0489. The summed E-state index contributed by atoms with van der Waals surface area (Å²) in [7, 11) is -3.97. The van der Waals surface area contributed by atoms with Crippen molar-refractivity contribution < 1.29 is 13.2 Å². The van der Waals surface area contributed by atoms with E-state index in [2.05, 4.69) is 5.32 Å². The molecule has 1 atom stereocenters. The van der Waals surface area contributed by atoms with Gasteiger partial charge in [0.05, 0.1) is 17.6 Å². The Morgan fingerprint density at radius 2 is 1.67 bits per heavy atom. The summed E-state index contributed by atoms with van der Waals surface area (Å²) < 4.78 is 26.8. The molecule has 0 radical (unpaired) electrons. The van der Waals surface area contributed by atoms with E-state index in [9.17, 15) is 13.2 Å². The maximum Gasteiger partial charge on any atom is 0.245 e. The summed E-state index contributed by atoms with van der Waals surface area (Å²) in [5.41, 5.74) is 0.858. The molecule has 0 unspecified atom stereocenters. The number of halogens is 3. The molecule has 0 bridgehead atoms. The molecule has 5 nitrogen and oxygen atoms in total. The van der Waals surface area contributed by atoms with Crippen LogP contribution in [0.2, 0.25) is 15.1 Å². The first-order valence-corrected chi connectivity index (χ1v) is 10.7. The fourth-order valence-corrected chi connectivity index (χ4v) is 4.73. The second kappa shape index (κ2) is 9.26. The molecular weight excluding hydrogens is 431 g/mol. The van der Waals surface area contributed by atoms with Crippen molar-refractivity contribution in [2.24, 2.45) is 0 Å². The largest absolute Gasteiger partial charge is 0.348 e. The van der Waals surface area contributed by atoms with Crippen molar-refractivity contribution in [1.29, 1.82) is 0 Å². The highest BCUT2D eigenvalue weighted by atomic mass is 35.5. The van der Waals surface area contributed by atoms with Crippen molar-refractivity contribution in [1.82, 2.24) is 9.62 Å². The molecule has 0 aromatic heterocycles. The Kier molecular flexibility index (Phi) is 7.54. The maximum atomic E-state index is 12.9. The van der Waals surface area contributed by atoms with Crippen LogP contribution in [-0.2, 0) is 14.8 Å². The van der Waals surface area contributed by atoms with Crippen LogP contribution in [0.25, 0.3) is 0 Å². The lowest BCUT2D eigenvalue weighted by atomic mass is 10.1. The smallest absolute Gasteiger partial charge is 0.245 e. The van der Waals surface area contributed by atoms with Gasteiger partial charge in [-0.05, 0) is 42.8 Å². The van der Waals surface area contributed by atoms with Gasteiger partial charge in [0, 0.05) is 16.6 Å². The summed E-state index contributed by atoms with van der Waals surface area (Å²) in [5.74, 6) is -0.430. The molecule has 0 aliphatic heterocycles. The van der Waals surface area contributed by atoms with Crippen LogP contribution in [-0.4, -0.2) is 31.7 Å². The normalized spacial score (nSPS) is 12.8. The Morgan fingerprint density at radius 1 is 1.07 bits per heavy atom. The third-order valence-electron chi connectivity index (χ3n) is 3.93. The maximum absolute atomic E-state index is 12.9. The van der Waals surface area contributed by atoms with Crippen LogP contribution in [0.3, 0.4) is 0 Å². The van der Waals surface area contributed by atoms with Gasteiger partial charge >= 0.3 is 0 Å². The predicted octanol–water partition coefficient (Wildman–Crippen LogP) is 4.53. The number of amides is 1. The molecule has 0 saturated carbocycles. The molecule has 0 aliphatic rings. The van der Waals surface area contributed by atoms with Gasteiger partial charge in [-0.1, -0.05) is 53.9 Å². The zero-order chi connectivity index (χ0) is 20.2. The van der Waals surface area contributed by atoms with Crippen LogP contribution in [0.4, 0.5) is 0 Å². The highest BCUT2D eigenvalue weighted by Crippen LogP contribution is 2.27. The van der Waals surface area contributed by atoms with Crippen LogP contribution in [0, 0.1) is 0 Å². The fraction of sp³-hybridized carbons (Fsp3) is 0.278. The number of hydrogen-bond donors (Lipinski definition) is 1. The number of likely N-dealkylation sites (N-methyl/N-ethyl adjacent to an activating group) is 1. The van der Waals surface area contributed by atoms with Gasteiger partial charge in [0.15, 0.2) is 0 Å². The molecule has 2 aromatic rings. The first-order chi connectivity index (χ1) is 12.6. The van der Waals surface area contributed by atoms with Gasteiger partial charge in [0.2, 0.25) is 15.9 Å². The van der Waals surface area contributed by atoms with E-state index in [0.717, 1.165) is 9.87 Å². The lowest BCUT2D eigenvalue weighted by molar-refractivity contribution is -0.121. The highest BCUT2D eigenvalue weighted by Gasteiger charge is 2.28. The van der Waals surface area contributed by atoms with Gasteiger partial charge < -0.3 is 5.32 Å². The van der Waals surface area contributed by atoms with E-state index in [1.807, 2.05) is 0 Å². The average molecular weight is 450 g/mol. The number of benzene rings is 2. The molecule has 1 amide bonds. The zero-order valence-corrected chi connectivity index (χ0v) is 17.8. The van der Waals surface area contributed by atoms with E-state index in [-0.39, 0.29) is 34.1 Å². The molecule has 1 N–H and O–H groups in total. The summed E-state index contributed by atoms with van der Waals surface area (Å²) >= 11 is 17.8. The zero-order valence-electron chi connectivity index (χ0n) is 14.7. The molecule has 0 saturated heterocycles. The van der Waals surface area contributed by atoms with Crippen LogP contribution in [0.5, 0.6) is 0 Å². The van der Waals surface area contributed by atoms with Crippen molar-refractivity contribution in [3.8, 4) is 0 Å². The van der Waals surface area contributed by atoms with Crippen molar-refractivity contribution in [2.75, 3.05) is 13.1 Å². The molecule has 27 heavy (non-hydrogen) atoms. The van der Waals surface area contributed by atoms with Gasteiger partial charge in [-0.3, -0.25) is 4.79 Å². The third kappa shape index (κ3) is 5.59. The Balaban J connectivity index is 2.14. The Bertz CT molecular complexity index is 918. The second-order valence-electron chi connectivity index (χ2n) is 5.85.